The number of carbonyl (C=O) groups excluding carboxylic acids is 1. The highest BCUT2D eigenvalue weighted by Crippen LogP contribution is 2.24. The van der Waals surface area contributed by atoms with Gasteiger partial charge in [-0.25, -0.2) is 0 Å². The number of carbonyl (C=O) groups is 1. The number of hydrogen-bond donors (Lipinski definition) is 1. The minimum atomic E-state index is -0.177. The second kappa shape index (κ2) is 5.71. The van der Waals surface area contributed by atoms with Crippen LogP contribution in [0.4, 0.5) is 5.69 Å². The fourth-order valence-electron chi connectivity index (χ4n) is 2.63. The van der Waals surface area contributed by atoms with Crippen LogP contribution in [-0.2, 0) is 12.8 Å². The molecule has 0 saturated carbocycles. The molecule has 0 aromatic heterocycles. The molecule has 3 rings (SSSR count). The lowest BCUT2D eigenvalue weighted by atomic mass is 10.1. The summed E-state index contributed by atoms with van der Waals surface area (Å²) in [6.45, 7) is 0. The molecule has 21 heavy (non-hydrogen) atoms. The molecule has 1 amide bonds. The summed E-state index contributed by atoms with van der Waals surface area (Å²) in [7, 11) is 0. The molecule has 0 saturated heterocycles. The van der Waals surface area contributed by atoms with Gasteiger partial charge in [0.1, 0.15) is 6.07 Å². The molecule has 1 N–H and O–H groups in total. The Hall–Kier alpha value is -2.12. The molecule has 3 nitrogen and oxygen atoms in total. The van der Waals surface area contributed by atoms with Crippen molar-refractivity contribution >= 4 is 27.5 Å². The van der Waals surface area contributed by atoms with Crippen molar-refractivity contribution in [3.05, 3.63) is 63.1 Å². The number of nitriles is 1. The number of aryl methyl sites for hydroxylation is 2. The predicted molar refractivity (Wildman–Crippen MR) is 85.3 cm³/mol. The van der Waals surface area contributed by atoms with Gasteiger partial charge in [-0.3, -0.25) is 4.79 Å². The van der Waals surface area contributed by atoms with Gasteiger partial charge < -0.3 is 5.32 Å². The third-order valence-corrected chi connectivity index (χ3v) is 4.20. The summed E-state index contributed by atoms with van der Waals surface area (Å²) in [6.07, 6.45) is 3.30. The Morgan fingerprint density at radius 3 is 2.76 bits per heavy atom. The van der Waals surface area contributed by atoms with Gasteiger partial charge in [0.15, 0.2) is 0 Å². The van der Waals surface area contributed by atoms with Crippen LogP contribution in [0.5, 0.6) is 0 Å². The number of benzene rings is 2. The molecule has 0 bridgehead atoms. The maximum absolute atomic E-state index is 12.3. The molecule has 0 atom stereocenters. The van der Waals surface area contributed by atoms with Crippen LogP contribution in [-0.4, -0.2) is 5.91 Å². The number of hydrogen-bond acceptors (Lipinski definition) is 2. The molecule has 1 aliphatic carbocycles. The maximum atomic E-state index is 12.3. The Morgan fingerprint density at radius 1 is 1.14 bits per heavy atom. The molecule has 0 aliphatic heterocycles. The Balaban J connectivity index is 1.85. The zero-order valence-electron chi connectivity index (χ0n) is 11.3. The first-order valence-electron chi connectivity index (χ1n) is 6.80. The van der Waals surface area contributed by atoms with E-state index in [1.54, 1.807) is 18.2 Å². The number of rotatable bonds is 2. The molecule has 4 heteroatoms. The molecular weight excluding hydrogens is 328 g/mol. The van der Waals surface area contributed by atoms with Crippen molar-refractivity contribution < 1.29 is 4.79 Å². The van der Waals surface area contributed by atoms with Crippen molar-refractivity contribution in [1.82, 2.24) is 0 Å². The first-order valence-corrected chi connectivity index (χ1v) is 7.59. The van der Waals surface area contributed by atoms with Crippen molar-refractivity contribution in [3.8, 4) is 6.07 Å². The number of halogens is 1. The summed E-state index contributed by atoms with van der Waals surface area (Å²) in [6, 6.07) is 13.2. The second-order valence-corrected chi connectivity index (χ2v) is 6.01. The fraction of sp³-hybridized carbons (Fsp3) is 0.176. The Labute approximate surface area is 131 Å². The molecule has 2 aromatic rings. The largest absolute Gasteiger partial charge is 0.321 e. The van der Waals surface area contributed by atoms with Crippen LogP contribution < -0.4 is 5.32 Å². The number of amides is 1. The molecular formula is C17H13BrN2O. The van der Waals surface area contributed by atoms with Crippen LogP contribution in [0.25, 0.3) is 0 Å². The van der Waals surface area contributed by atoms with E-state index >= 15 is 0 Å². The lowest BCUT2D eigenvalue weighted by Gasteiger charge is -2.09. The van der Waals surface area contributed by atoms with Crippen molar-refractivity contribution in [2.45, 2.75) is 19.3 Å². The van der Waals surface area contributed by atoms with E-state index in [-0.39, 0.29) is 5.91 Å². The van der Waals surface area contributed by atoms with Gasteiger partial charge in [-0.05, 0) is 60.7 Å². The van der Waals surface area contributed by atoms with E-state index in [2.05, 4.69) is 27.3 Å². The minimum absolute atomic E-state index is 0.177. The predicted octanol–water partition coefficient (Wildman–Crippen LogP) is 4.06. The van der Waals surface area contributed by atoms with Crippen LogP contribution in [0, 0.1) is 11.3 Å². The van der Waals surface area contributed by atoms with E-state index in [4.69, 9.17) is 5.26 Å². The normalized spacial score (nSPS) is 12.6. The van der Waals surface area contributed by atoms with Crippen LogP contribution in [0.2, 0.25) is 0 Å². The van der Waals surface area contributed by atoms with Gasteiger partial charge in [0.05, 0.1) is 11.3 Å². The monoisotopic (exact) mass is 340 g/mol. The number of anilines is 1. The second-order valence-electron chi connectivity index (χ2n) is 5.09. The SMILES string of the molecule is N#Cc1cc(Br)ccc1NC(=O)c1ccc2c(c1)CCC2. The lowest BCUT2D eigenvalue weighted by Crippen LogP contribution is -2.13. The first-order chi connectivity index (χ1) is 10.2. The lowest BCUT2D eigenvalue weighted by molar-refractivity contribution is 0.102. The van der Waals surface area contributed by atoms with Gasteiger partial charge in [0.2, 0.25) is 0 Å². The van der Waals surface area contributed by atoms with Crippen molar-refractivity contribution in [3.63, 3.8) is 0 Å². The van der Waals surface area contributed by atoms with Gasteiger partial charge in [0.25, 0.3) is 5.91 Å². The minimum Gasteiger partial charge on any atom is -0.321 e. The fourth-order valence-corrected chi connectivity index (χ4v) is 2.99. The van der Waals surface area contributed by atoms with Gasteiger partial charge in [-0.2, -0.15) is 5.26 Å². The molecule has 0 fully saturated rings. The van der Waals surface area contributed by atoms with Crippen LogP contribution >= 0.6 is 15.9 Å². The molecule has 0 heterocycles. The van der Waals surface area contributed by atoms with Gasteiger partial charge >= 0.3 is 0 Å². The van der Waals surface area contributed by atoms with E-state index in [9.17, 15) is 4.79 Å². The average molecular weight is 341 g/mol. The molecule has 0 radical (unpaired) electrons. The third kappa shape index (κ3) is 2.84. The van der Waals surface area contributed by atoms with Gasteiger partial charge in [0, 0.05) is 10.0 Å². The zero-order valence-corrected chi connectivity index (χ0v) is 12.9. The quantitative estimate of drug-likeness (QED) is 0.896. The van der Waals surface area contributed by atoms with Gasteiger partial charge in [-0.1, -0.05) is 22.0 Å². The van der Waals surface area contributed by atoms with Crippen LogP contribution in [0.3, 0.4) is 0 Å². The van der Waals surface area contributed by atoms with E-state index in [0.29, 0.717) is 16.8 Å². The van der Waals surface area contributed by atoms with Crippen molar-refractivity contribution in [2.75, 3.05) is 5.32 Å². The molecule has 0 spiro atoms. The smallest absolute Gasteiger partial charge is 0.255 e. The Bertz CT molecular complexity index is 762. The first kappa shape index (κ1) is 13.8. The summed E-state index contributed by atoms with van der Waals surface area (Å²) >= 11 is 3.32. The Morgan fingerprint density at radius 2 is 1.95 bits per heavy atom. The van der Waals surface area contributed by atoms with Crippen molar-refractivity contribution in [2.24, 2.45) is 0 Å². The standard InChI is InChI=1S/C17H13BrN2O/c18-15-6-7-16(14(9-15)10-19)20-17(21)13-5-4-11-2-1-3-12(11)8-13/h4-9H,1-3H2,(H,20,21). The molecule has 2 aromatic carbocycles. The molecule has 104 valence electrons. The average Bonchev–Trinajstić information content (AvgIpc) is 2.96. The highest BCUT2D eigenvalue weighted by molar-refractivity contribution is 9.10. The summed E-state index contributed by atoms with van der Waals surface area (Å²) in [5.41, 5.74) is 4.22. The van der Waals surface area contributed by atoms with Gasteiger partial charge in [-0.15, -0.1) is 0 Å². The number of nitrogens with zero attached hydrogens (tertiary/aromatic N) is 1. The Kier molecular flexibility index (Phi) is 3.76. The number of fused-ring (bicyclic) bond motifs is 1. The third-order valence-electron chi connectivity index (χ3n) is 3.71. The summed E-state index contributed by atoms with van der Waals surface area (Å²) in [5, 5.41) is 11.9. The van der Waals surface area contributed by atoms with Crippen LogP contribution in [0.1, 0.15) is 33.5 Å². The molecule has 1 aliphatic rings. The van der Waals surface area contributed by atoms with Crippen molar-refractivity contribution in [1.29, 1.82) is 5.26 Å². The summed E-state index contributed by atoms with van der Waals surface area (Å²) in [4.78, 5) is 12.3. The van der Waals surface area contributed by atoms with E-state index in [1.807, 2.05) is 18.2 Å². The molecule has 0 unspecified atom stereocenters. The van der Waals surface area contributed by atoms with Crippen LogP contribution in [0.15, 0.2) is 40.9 Å². The highest BCUT2D eigenvalue weighted by Gasteiger charge is 2.15. The zero-order chi connectivity index (χ0) is 14.8. The highest BCUT2D eigenvalue weighted by atomic mass is 79.9. The van der Waals surface area contributed by atoms with E-state index in [0.717, 1.165) is 23.7 Å². The van der Waals surface area contributed by atoms with E-state index < -0.39 is 0 Å². The van der Waals surface area contributed by atoms with E-state index in [1.165, 1.54) is 11.1 Å². The number of nitrogens with one attached hydrogen (secondary N) is 1. The topological polar surface area (TPSA) is 52.9 Å². The maximum Gasteiger partial charge on any atom is 0.255 e. The summed E-state index contributed by atoms with van der Waals surface area (Å²) < 4.78 is 0.814. The summed E-state index contributed by atoms with van der Waals surface area (Å²) in [5.74, 6) is -0.177.